The van der Waals surface area contributed by atoms with Crippen molar-refractivity contribution >= 4 is 0 Å². The molecule has 0 bridgehead atoms. The van der Waals surface area contributed by atoms with Crippen molar-refractivity contribution in [3.63, 3.8) is 0 Å². The quantitative estimate of drug-likeness (QED) is 0.857. The van der Waals surface area contributed by atoms with Gasteiger partial charge in [-0.1, -0.05) is 0 Å². The zero-order valence-corrected chi connectivity index (χ0v) is 10.4. The van der Waals surface area contributed by atoms with Gasteiger partial charge in [-0.05, 0) is 56.6 Å². The minimum atomic E-state index is 0.0337. The molecule has 1 spiro atoms. The van der Waals surface area contributed by atoms with Crippen molar-refractivity contribution in [1.82, 2.24) is 0 Å². The second-order valence-corrected chi connectivity index (χ2v) is 5.63. The van der Waals surface area contributed by atoms with Crippen LogP contribution >= 0.6 is 0 Å². The van der Waals surface area contributed by atoms with Crippen LogP contribution in [0, 0.1) is 12.8 Å². The Bertz CT molecular complexity index is 395. The lowest BCUT2D eigenvalue weighted by Gasteiger charge is -2.48. The van der Waals surface area contributed by atoms with Crippen molar-refractivity contribution in [3.05, 3.63) is 23.7 Å². The summed E-state index contributed by atoms with van der Waals surface area (Å²) in [6, 6.07) is 2.03. The number of hydrogen-bond acceptors (Lipinski definition) is 3. The molecule has 0 aromatic carbocycles. The Morgan fingerprint density at radius 3 is 2.88 bits per heavy atom. The average molecular weight is 235 g/mol. The monoisotopic (exact) mass is 235 g/mol. The Kier molecular flexibility index (Phi) is 2.75. The Balaban J connectivity index is 1.73. The second-order valence-electron chi connectivity index (χ2n) is 5.63. The standard InChI is InChI=1S/C14H21NO2/c1-10-3-7-16-13(10)12(15)11-4-8-17-14(9-11)5-2-6-14/h3,7,11-12H,2,4-6,8-9,15H2,1H3. The van der Waals surface area contributed by atoms with E-state index in [2.05, 4.69) is 6.92 Å². The van der Waals surface area contributed by atoms with Gasteiger partial charge in [-0.25, -0.2) is 0 Å². The number of furan rings is 1. The van der Waals surface area contributed by atoms with Gasteiger partial charge in [0.05, 0.1) is 17.9 Å². The molecule has 0 amide bonds. The second kappa shape index (κ2) is 4.14. The molecule has 94 valence electrons. The predicted molar refractivity (Wildman–Crippen MR) is 65.6 cm³/mol. The lowest BCUT2D eigenvalue weighted by Crippen LogP contribution is -2.47. The van der Waals surface area contributed by atoms with Crippen molar-refractivity contribution in [2.45, 2.75) is 50.7 Å². The van der Waals surface area contributed by atoms with Crippen LogP contribution in [0.5, 0.6) is 0 Å². The summed E-state index contributed by atoms with van der Waals surface area (Å²) in [6.45, 7) is 2.93. The third-order valence-electron chi connectivity index (χ3n) is 4.51. The topological polar surface area (TPSA) is 48.4 Å². The van der Waals surface area contributed by atoms with E-state index in [9.17, 15) is 0 Å². The van der Waals surface area contributed by atoms with Crippen LogP contribution in [0.1, 0.15) is 49.5 Å². The summed E-state index contributed by atoms with van der Waals surface area (Å²) in [4.78, 5) is 0. The summed E-state index contributed by atoms with van der Waals surface area (Å²) in [5.74, 6) is 1.47. The lowest BCUT2D eigenvalue weighted by atomic mass is 9.70. The highest BCUT2D eigenvalue weighted by Crippen LogP contribution is 2.46. The maximum atomic E-state index is 6.37. The van der Waals surface area contributed by atoms with Gasteiger partial charge in [0.15, 0.2) is 0 Å². The number of nitrogens with two attached hydrogens (primary N) is 1. The van der Waals surface area contributed by atoms with Crippen LogP contribution < -0.4 is 5.73 Å². The summed E-state index contributed by atoms with van der Waals surface area (Å²) in [7, 11) is 0. The highest BCUT2D eigenvalue weighted by molar-refractivity contribution is 5.19. The molecule has 17 heavy (non-hydrogen) atoms. The summed E-state index contributed by atoms with van der Waals surface area (Å²) >= 11 is 0. The molecule has 2 unspecified atom stereocenters. The van der Waals surface area contributed by atoms with E-state index in [4.69, 9.17) is 14.9 Å². The van der Waals surface area contributed by atoms with Crippen LogP contribution in [0.25, 0.3) is 0 Å². The molecule has 1 saturated carbocycles. The maximum absolute atomic E-state index is 6.37. The largest absolute Gasteiger partial charge is 0.467 e. The number of aryl methyl sites for hydroxylation is 1. The van der Waals surface area contributed by atoms with E-state index >= 15 is 0 Å². The van der Waals surface area contributed by atoms with Gasteiger partial charge < -0.3 is 14.9 Å². The molecule has 3 heteroatoms. The number of ether oxygens (including phenoxy) is 1. The minimum absolute atomic E-state index is 0.0337. The van der Waals surface area contributed by atoms with Gasteiger partial charge >= 0.3 is 0 Å². The van der Waals surface area contributed by atoms with Crippen molar-refractivity contribution in [1.29, 1.82) is 0 Å². The molecule has 1 saturated heterocycles. The highest BCUT2D eigenvalue weighted by Gasteiger charge is 2.44. The molecular weight excluding hydrogens is 214 g/mol. The third kappa shape index (κ3) is 1.91. The first-order chi connectivity index (χ1) is 8.20. The molecule has 1 aromatic heterocycles. The van der Waals surface area contributed by atoms with Gasteiger partial charge in [-0.3, -0.25) is 0 Å². The van der Waals surface area contributed by atoms with Gasteiger partial charge in [-0.15, -0.1) is 0 Å². The van der Waals surface area contributed by atoms with Crippen LogP contribution in [-0.2, 0) is 4.74 Å². The Labute approximate surface area is 102 Å². The minimum Gasteiger partial charge on any atom is -0.467 e. The van der Waals surface area contributed by atoms with Gasteiger partial charge in [0.1, 0.15) is 5.76 Å². The molecule has 1 aromatic rings. The lowest BCUT2D eigenvalue weighted by molar-refractivity contribution is -0.146. The van der Waals surface area contributed by atoms with Crippen molar-refractivity contribution in [2.24, 2.45) is 11.7 Å². The maximum Gasteiger partial charge on any atom is 0.123 e. The highest BCUT2D eigenvalue weighted by atomic mass is 16.5. The van der Waals surface area contributed by atoms with Crippen LogP contribution in [-0.4, -0.2) is 12.2 Å². The summed E-state index contributed by atoms with van der Waals surface area (Å²) < 4.78 is 11.5. The van der Waals surface area contributed by atoms with Crippen molar-refractivity contribution in [3.8, 4) is 0 Å². The molecule has 3 nitrogen and oxygen atoms in total. The predicted octanol–water partition coefficient (Wildman–Crippen LogP) is 2.94. The fourth-order valence-electron chi connectivity index (χ4n) is 3.23. The molecule has 0 radical (unpaired) electrons. The van der Waals surface area contributed by atoms with Gasteiger partial charge in [0.25, 0.3) is 0 Å². The smallest absolute Gasteiger partial charge is 0.123 e. The SMILES string of the molecule is Cc1ccoc1C(N)C1CCOC2(CCC2)C1. The molecular formula is C14H21NO2. The van der Waals surface area contributed by atoms with Gasteiger partial charge in [0, 0.05) is 6.61 Å². The summed E-state index contributed by atoms with van der Waals surface area (Å²) in [5.41, 5.74) is 7.71. The molecule has 2 heterocycles. The van der Waals surface area contributed by atoms with Crippen LogP contribution in [0.15, 0.2) is 16.7 Å². The molecule has 1 aliphatic carbocycles. The van der Waals surface area contributed by atoms with Gasteiger partial charge in [0.2, 0.25) is 0 Å². The fraction of sp³-hybridized carbons (Fsp3) is 0.714. The zero-order chi connectivity index (χ0) is 11.9. The van der Waals surface area contributed by atoms with E-state index in [1.54, 1.807) is 6.26 Å². The van der Waals surface area contributed by atoms with Gasteiger partial charge in [-0.2, -0.15) is 0 Å². The van der Waals surface area contributed by atoms with E-state index in [-0.39, 0.29) is 11.6 Å². The summed E-state index contributed by atoms with van der Waals surface area (Å²) in [6.07, 6.45) is 7.64. The average Bonchev–Trinajstić information content (AvgIpc) is 2.73. The van der Waals surface area contributed by atoms with Crippen molar-refractivity contribution in [2.75, 3.05) is 6.61 Å². The summed E-state index contributed by atoms with van der Waals surface area (Å²) in [5, 5.41) is 0. The van der Waals surface area contributed by atoms with Crippen LogP contribution in [0.4, 0.5) is 0 Å². The molecule has 2 atom stereocenters. The van der Waals surface area contributed by atoms with E-state index in [0.29, 0.717) is 5.92 Å². The zero-order valence-electron chi connectivity index (χ0n) is 10.4. The van der Waals surface area contributed by atoms with Crippen LogP contribution in [0.2, 0.25) is 0 Å². The Morgan fingerprint density at radius 2 is 2.29 bits per heavy atom. The van der Waals surface area contributed by atoms with Crippen LogP contribution in [0.3, 0.4) is 0 Å². The molecule has 2 N–H and O–H groups in total. The molecule has 2 aliphatic rings. The Morgan fingerprint density at radius 1 is 1.47 bits per heavy atom. The Hall–Kier alpha value is -0.800. The number of rotatable bonds is 2. The first kappa shape index (κ1) is 11.3. The van der Waals surface area contributed by atoms with E-state index < -0.39 is 0 Å². The van der Waals surface area contributed by atoms with E-state index in [1.165, 1.54) is 24.8 Å². The van der Waals surface area contributed by atoms with E-state index in [0.717, 1.165) is 25.2 Å². The third-order valence-corrected chi connectivity index (χ3v) is 4.51. The van der Waals surface area contributed by atoms with Crippen molar-refractivity contribution < 1.29 is 9.15 Å². The first-order valence-corrected chi connectivity index (χ1v) is 6.64. The normalized spacial score (nSPS) is 28.9. The molecule has 3 rings (SSSR count). The number of hydrogen-bond donors (Lipinski definition) is 1. The molecule has 2 fully saturated rings. The van der Waals surface area contributed by atoms with E-state index in [1.807, 2.05) is 6.07 Å². The molecule has 1 aliphatic heterocycles. The first-order valence-electron chi connectivity index (χ1n) is 6.64. The fourth-order valence-corrected chi connectivity index (χ4v) is 3.23.